The number of alkyl halides is 3. The zero-order valence-corrected chi connectivity index (χ0v) is 18.5. The van der Waals surface area contributed by atoms with Crippen LogP contribution in [0.1, 0.15) is 50.7 Å². The summed E-state index contributed by atoms with van der Waals surface area (Å²) in [4.78, 5) is 30.7. The van der Waals surface area contributed by atoms with Crippen molar-refractivity contribution in [3.8, 4) is 0 Å². The molecule has 1 aliphatic carbocycles. The summed E-state index contributed by atoms with van der Waals surface area (Å²) in [6, 6.07) is 10.1. The number of allylic oxidation sites excluding steroid dienone is 3. The summed E-state index contributed by atoms with van der Waals surface area (Å²) in [5.74, 6) is -1.75. The number of halogens is 3. The van der Waals surface area contributed by atoms with Crippen LogP contribution in [0.25, 0.3) is 0 Å². The van der Waals surface area contributed by atoms with Crippen LogP contribution in [0.3, 0.4) is 0 Å². The fourth-order valence-corrected chi connectivity index (χ4v) is 4.68. The summed E-state index contributed by atoms with van der Waals surface area (Å²) >= 11 is 0. The first-order chi connectivity index (χ1) is 15.5. The van der Waals surface area contributed by atoms with E-state index in [2.05, 4.69) is 15.6 Å². The fraction of sp³-hybridized carbons (Fsp3) is 0.320. The molecule has 0 bridgehead atoms. The minimum absolute atomic E-state index is 0.0733. The first kappa shape index (κ1) is 22.8. The molecule has 5 nitrogen and oxygen atoms in total. The minimum atomic E-state index is -4.64. The average Bonchev–Trinajstić information content (AvgIpc) is 2.71. The summed E-state index contributed by atoms with van der Waals surface area (Å²) in [5, 5.41) is 5.82. The third-order valence-corrected chi connectivity index (χ3v) is 5.97. The topological polar surface area (TPSA) is 71.1 Å². The number of anilines is 1. The van der Waals surface area contributed by atoms with Gasteiger partial charge in [0.05, 0.1) is 5.56 Å². The van der Waals surface area contributed by atoms with Crippen molar-refractivity contribution >= 4 is 17.5 Å². The molecule has 1 aromatic carbocycles. The molecule has 2 heterocycles. The molecule has 0 spiro atoms. The Bertz CT molecular complexity index is 1180. The van der Waals surface area contributed by atoms with E-state index >= 15 is 0 Å². The van der Waals surface area contributed by atoms with Crippen LogP contribution in [0.4, 0.5) is 19.0 Å². The van der Waals surface area contributed by atoms with E-state index in [1.807, 2.05) is 13.8 Å². The lowest BCUT2D eigenvalue weighted by molar-refractivity contribution is -0.138. The van der Waals surface area contributed by atoms with Crippen LogP contribution in [0.15, 0.2) is 71.2 Å². The van der Waals surface area contributed by atoms with Crippen LogP contribution in [0.2, 0.25) is 0 Å². The molecule has 4 rings (SSSR count). The van der Waals surface area contributed by atoms with Crippen LogP contribution in [-0.4, -0.2) is 16.7 Å². The number of aromatic nitrogens is 1. The van der Waals surface area contributed by atoms with E-state index in [1.165, 1.54) is 24.4 Å². The SMILES string of the molecule is CC1=C(C(=O)Nc2ccccn2)[C@H](c2ccccc2C(F)(F)F)C2=C(CC(C)(C)CC2=O)N1. The molecule has 33 heavy (non-hydrogen) atoms. The summed E-state index contributed by atoms with van der Waals surface area (Å²) in [7, 11) is 0. The van der Waals surface area contributed by atoms with E-state index in [4.69, 9.17) is 0 Å². The predicted molar refractivity (Wildman–Crippen MR) is 118 cm³/mol. The Labute approximate surface area is 189 Å². The molecule has 0 radical (unpaired) electrons. The van der Waals surface area contributed by atoms with Crippen molar-refractivity contribution in [1.29, 1.82) is 0 Å². The van der Waals surface area contributed by atoms with Gasteiger partial charge in [-0.05, 0) is 42.5 Å². The van der Waals surface area contributed by atoms with Gasteiger partial charge < -0.3 is 10.6 Å². The van der Waals surface area contributed by atoms with E-state index in [0.29, 0.717) is 17.8 Å². The molecule has 2 aliphatic rings. The van der Waals surface area contributed by atoms with E-state index in [1.54, 1.807) is 25.1 Å². The highest BCUT2D eigenvalue weighted by atomic mass is 19.4. The quantitative estimate of drug-likeness (QED) is 0.655. The van der Waals surface area contributed by atoms with Crippen LogP contribution in [0, 0.1) is 5.41 Å². The molecule has 0 saturated carbocycles. The number of nitrogens with one attached hydrogen (secondary N) is 2. The number of hydrogen-bond acceptors (Lipinski definition) is 4. The second-order valence-corrected chi connectivity index (χ2v) is 9.18. The number of hydrogen-bond donors (Lipinski definition) is 2. The third-order valence-electron chi connectivity index (χ3n) is 5.97. The van der Waals surface area contributed by atoms with Gasteiger partial charge in [-0.1, -0.05) is 38.1 Å². The second kappa shape index (κ2) is 8.17. The molecule has 0 saturated heterocycles. The van der Waals surface area contributed by atoms with Crippen LogP contribution in [0.5, 0.6) is 0 Å². The minimum Gasteiger partial charge on any atom is -0.362 e. The lowest BCUT2D eigenvalue weighted by Crippen LogP contribution is -2.39. The number of carbonyl (C=O) groups excluding carboxylic acids is 2. The average molecular weight is 455 g/mol. The molecule has 1 atom stereocenters. The van der Waals surface area contributed by atoms with Gasteiger partial charge in [-0.3, -0.25) is 9.59 Å². The van der Waals surface area contributed by atoms with E-state index in [9.17, 15) is 22.8 Å². The van der Waals surface area contributed by atoms with Crippen molar-refractivity contribution in [3.05, 3.63) is 82.3 Å². The number of nitrogens with zero attached hydrogens (tertiary/aromatic N) is 1. The van der Waals surface area contributed by atoms with E-state index in [0.717, 1.165) is 6.07 Å². The van der Waals surface area contributed by atoms with Crippen molar-refractivity contribution < 1.29 is 22.8 Å². The van der Waals surface area contributed by atoms with Crippen molar-refractivity contribution in [2.24, 2.45) is 5.41 Å². The summed E-state index contributed by atoms with van der Waals surface area (Å²) in [6.07, 6.45) is -2.47. The van der Waals surface area contributed by atoms with Gasteiger partial charge in [0.1, 0.15) is 5.82 Å². The van der Waals surface area contributed by atoms with E-state index in [-0.39, 0.29) is 40.1 Å². The third kappa shape index (κ3) is 4.42. The van der Waals surface area contributed by atoms with Gasteiger partial charge in [0.25, 0.3) is 5.91 Å². The molecular formula is C25H24F3N3O2. The Balaban J connectivity index is 1.90. The van der Waals surface area contributed by atoms with Crippen LogP contribution >= 0.6 is 0 Å². The lowest BCUT2D eigenvalue weighted by atomic mass is 9.68. The molecule has 1 aliphatic heterocycles. The van der Waals surface area contributed by atoms with Gasteiger partial charge in [-0.2, -0.15) is 13.2 Å². The molecule has 2 N–H and O–H groups in total. The molecular weight excluding hydrogens is 431 g/mol. The van der Waals surface area contributed by atoms with Crippen LogP contribution in [-0.2, 0) is 15.8 Å². The van der Waals surface area contributed by atoms with E-state index < -0.39 is 23.6 Å². The Hall–Kier alpha value is -3.42. The number of Topliss-reactive ketones (excluding diaryl/α,β-unsaturated/α-hetero) is 1. The summed E-state index contributed by atoms with van der Waals surface area (Å²) < 4.78 is 41.9. The largest absolute Gasteiger partial charge is 0.416 e. The Morgan fingerprint density at radius 3 is 2.48 bits per heavy atom. The zero-order chi connectivity index (χ0) is 24.0. The highest BCUT2D eigenvalue weighted by Crippen LogP contribution is 2.49. The van der Waals surface area contributed by atoms with Gasteiger partial charge in [-0.25, -0.2) is 4.98 Å². The van der Waals surface area contributed by atoms with Gasteiger partial charge >= 0.3 is 6.18 Å². The molecule has 8 heteroatoms. The standard InChI is InChI=1S/C25H24F3N3O2/c1-14-20(23(33)31-19-10-6-7-11-29-19)21(15-8-4-5-9-16(15)25(26,27)28)22-17(30-14)12-24(2,3)13-18(22)32/h4-11,21,30H,12-13H2,1-3H3,(H,29,31,33)/t21-/m0/s1. The number of ketones is 1. The Morgan fingerprint density at radius 1 is 1.12 bits per heavy atom. The first-order valence-corrected chi connectivity index (χ1v) is 10.6. The highest BCUT2D eigenvalue weighted by Gasteiger charge is 2.45. The van der Waals surface area contributed by atoms with Crippen LogP contribution < -0.4 is 10.6 Å². The molecule has 1 aromatic heterocycles. The maximum Gasteiger partial charge on any atom is 0.416 e. The fourth-order valence-electron chi connectivity index (χ4n) is 4.68. The number of pyridine rings is 1. The summed E-state index contributed by atoms with van der Waals surface area (Å²) in [5.41, 5.74) is -0.0352. The number of dihydropyridines is 1. The Kier molecular flexibility index (Phi) is 5.64. The van der Waals surface area contributed by atoms with Crippen molar-refractivity contribution in [2.45, 2.75) is 45.7 Å². The number of amides is 1. The predicted octanol–water partition coefficient (Wildman–Crippen LogP) is 5.34. The van der Waals surface area contributed by atoms with Crippen molar-refractivity contribution in [3.63, 3.8) is 0 Å². The maximum atomic E-state index is 14.0. The highest BCUT2D eigenvalue weighted by molar-refractivity contribution is 6.09. The smallest absolute Gasteiger partial charge is 0.362 e. The summed E-state index contributed by atoms with van der Waals surface area (Å²) in [6.45, 7) is 5.53. The zero-order valence-electron chi connectivity index (χ0n) is 18.5. The maximum absolute atomic E-state index is 14.0. The van der Waals surface area contributed by atoms with Gasteiger partial charge in [-0.15, -0.1) is 0 Å². The first-order valence-electron chi connectivity index (χ1n) is 10.6. The van der Waals surface area contributed by atoms with Crippen molar-refractivity contribution in [1.82, 2.24) is 10.3 Å². The molecule has 1 amide bonds. The van der Waals surface area contributed by atoms with Crippen molar-refractivity contribution in [2.75, 3.05) is 5.32 Å². The number of carbonyl (C=O) groups is 2. The molecule has 0 unspecified atom stereocenters. The van der Waals surface area contributed by atoms with Gasteiger partial charge in [0, 0.05) is 41.1 Å². The molecule has 0 fully saturated rings. The molecule has 2 aromatic rings. The van der Waals surface area contributed by atoms with Gasteiger partial charge in [0.2, 0.25) is 0 Å². The number of benzene rings is 1. The second-order valence-electron chi connectivity index (χ2n) is 9.18. The monoisotopic (exact) mass is 455 g/mol. The Morgan fingerprint density at radius 2 is 1.82 bits per heavy atom. The lowest BCUT2D eigenvalue weighted by Gasteiger charge is -2.40. The van der Waals surface area contributed by atoms with Gasteiger partial charge in [0.15, 0.2) is 5.78 Å². The number of rotatable bonds is 3. The molecule has 172 valence electrons. The normalized spacial score (nSPS) is 20.3.